The van der Waals surface area contributed by atoms with Gasteiger partial charge >= 0.3 is 0 Å². The van der Waals surface area contributed by atoms with Crippen LogP contribution in [-0.4, -0.2) is 6.10 Å². The van der Waals surface area contributed by atoms with E-state index in [1.165, 1.54) is 18.9 Å². The zero-order valence-electron chi connectivity index (χ0n) is 5.81. The Balaban J connectivity index is 0.000000187. The van der Waals surface area contributed by atoms with E-state index < -0.39 is 0 Å². The van der Waals surface area contributed by atoms with Gasteiger partial charge in [-0.3, -0.25) is 0 Å². The van der Waals surface area contributed by atoms with E-state index in [1.54, 1.807) is 0 Å². The van der Waals surface area contributed by atoms with Gasteiger partial charge < -0.3 is 0 Å². The molecule has 0 aliphatic heterocycles. The Morgan fingerprint density at radius 1 is 1.33 bits per heavy atom. The number of allylic oxidation sites excluding steroid dienone is 1. The van der Waals surface area contributed by atoms with Crippen molar-refractivity contribution in [2.24, 2.45) is 0 Å². The van der Waals surface area contributed by atoms with Gasteiger partial charge in [-0.05, 0) is 19.8 Å². The van der Waals surface area contributed by atoms with E-state index in [9.17, 15) is 5.11 Å². The van der Waals surface area contributed by atoms with E-state index in [-0.39, 0.29) is 6.10 Å². The van der Waals surface area contributed by atoms with Crippen LogP contribution in [0.4, 0.5) is 0 Å². The molecule has 1 rings (SSSR count). The van der Waals surface area contributed by atoms with Crippen LogP contribution >= 0.6 is 0 Å². The Hall–Kier alpha value is -0.300. The van der Waals surface area contributed by atoms with Gasteiger partial charge in [0.05, 0.1) is 6.10 Å². The van der Waals surface area contributed by atoms with Gasteiger partial charge in [0.25, 0.3) is 0 Å². The molecular weight excluding hydrogens is 112 g/mol. The Kier molecular flexibility index (Phi) is 5.64. The van der Waals surface area contributed by atoms with Crippen LogP contribution in [0.5, 0.6) is 0 Å². The normalized spacial score (nSPS) is 18.4. The van der Waals surface area contributed by atoms with Gasteiger partial charge in [0.1, 0.15) is 0 Å². The molecule has 1 nitrogen and oxygen atoms in total. The zero-order valence-corrected chi connectivity index (χ0v) is 5.81. The predicted molar refractivity (Wildman–Crippen MR) is 38.5 cm³/mol. The van der Waals surface area contributed by atoms with Gasteiger partial charge in [-0.2, -0.15) is 0 Å². The second kappa shape index (κ2) is 5.83. The first-order valence-corrected chi connectivity index (χ1v) is 3.37. The van der Waals surface area contributed by atoms with E-state index in [0.29, 0.717) is 0 Å². The highest BCUT2D eigenvalue weighted by atomic mass is 16.3. The average molecular weight is 126 g/mol. The van der Waals surface area contributed by atoms with Gasteiger partial charge in [0.2, 0.25) is 0 Å². The molecule has 0 amide bonds. The monoisotopic (exact) mass is 126 g/mol. The minimum atomic E-state index is -0.204. The van der Waals surface area contributed by atoms with Crippen molar-refractivity contribution >= 4 is 0 Å². The molecule has 0 N–H and O–H groups in total. The topological polar surface area (TPSA) is 19.9 Å². The van der Waals surface area contributed by atoms with Crippen molar-refractivity contribution in [3.63, 3.8) is 0 Å². The molecule has 0 aromatic carbocycles. The third-order valence-corrected chi connectivity index (χ3v) is 1.30. The molecule has 0 saturated heterocycles. The summed E-state index contributed by atoms with van der Waals surface area (Å²) in [6, 6.07) is 0. The third-order valence-electron chi connectivity index (χ3n) is 1.30. The molecule has 0 aromatic rings. The molecule has 9 heavy (non-hydrogen) atoms. The van der Waals surface area contributed by atoms with E-state index >= 15 is 0 Å². The van der Waals surface area contributed by atoms with Gasteiger partial charge in [-0.1, -0.05) is 18.9 Å². The maximum absolute atomic E-state index is 10.3. The summed E-state index contributed by atoms with van der Waals surface area (Å²) in [6.45, 7) is 6.50. The molecule has 1 aliphatic carbocycles. The smallest absolute Gasteiger partial charge is 0.0930 e. The summed E-state index contributed by atoms with van der Waals surface area (Å²) in [5.41, 5.74) is 0. The third kappa shape index (κ3) is 5.57. The fourth-order valence-electron chi connectivity index (χ4n) is 0.888. The highest BCUT2D eigenvalue weighted by molar-refractivity contribution is 4.66. The highest BCUT2D eigenvalue weighted by Gasteiger charge is 2.11. The average Bonchev–Trinajstić information content (AvgIpc) is 2.20. The largest absolute Gasteiger partial charge is 0.233 e. The molecule has 0 unspecified atom stereocenters. The van der Waals surface area contributed by atoms with Crippen molar-refractivity contribution in [3.05, 3.63) is 19.6 Å². The standard InChI is InChI=1S/C5H9O.C3H5/c6-5-3-1-2-4-5;1-3-2/h5H,1-4H2;3H,1-2H2. The Labute approximate surface area is 57.4 Å². The lowest BCUT2D eigenvalue weighted by atomic mass is 10.3. The number of rotatable bonds is 0. The lowest BCUT2D eigenvalue weighted by Gasteiger charge is -1.86. The maximum atomic E-state index is 10.3. The van der Waals surface area contributed by atoms with Crippen LogP contribution in [0.2, 0.25) is 0 Å². The second-order valence-electron chi connectivity index (χ2n) is 2.20. The van der Waals surface area contributed by atoms with Crippen LogP contribution in [0.25, 0.3) is 0 Å². The molecule has 1 heteroatoms. The van der Waals surface area contributed by atoms with Gasteiger partial charge in [-0.25, -0.2) is 5.11 Å². The fourth-order valence-corrected chi connectivity index (χ4v) is 0.888. The molecule has 0 aromatic heterocycles. The van der Waals surface area contributed by atoms with Crippen molar-refractivity contribution in [2.75, 3.05) is 0 Å². The van der Waals surface area contributed by atoms with Crippen LogP contribution < -0.4 is 0 Å². The predicted octanol–water partition coefficient (Wildman–Crippen LogP) is 2.37. The van der Waals surface area contributed by atoms with Crippen molar-refractivity contribution in [2.45, 2.75) is 31.8 Å². The van der Waals surface area contributed by atoms with E-state index in [1.807, 2.05) is 0 Å². The van der Waals surface area contributed by atoms with E-state index in [2.05, 4.69) is 13.5 Å². The van der Waals surface area contributed by atoms with Crippen LogP contribution in [0.15, 0.2) is 12.7 Å². The van der Waals surface area contributed by atoms with Crippen LogP contribution in [-0.2, 0) is 5.11 Å². The Bertz CT molecular complexity index is 63.0. The molecule has 0 atom stereocenters. The minimum absolute atomic E-state index is 0.204. The van der Waals surface area contributed by atoms with Crippen molar-refractivity contribution in [1.82, 2.24) is 0 Å². The SMILES string of the molecule is [CH2]C=C.[O]C1CCCC1. The molecule has 1 fully saturated rings. The minimum Gasteiger partial charge on any atom is -0.233 e. The van der Waals surface area contributed by atoms with E-state index in [0.717, 1.165) is 12.8 Å². The first-order chi connectivity index (χ1) is 4.31. The van der Waals surface area contributed by atoms with Gasteiger partial charge in [-0.15, -0.1) is 6.58 Å². The van der Waals surface area contributed by atoms with Crippen molar-refractivity contribution in [3.8, 4) is 0 Å². The molecule has 0 bridgehead atoms. The zero-order chi connectivity index (χ0) is 7.11. The molecule has 0 heterocycles. The molecular formula is C8H14O. The molecule has 2 radical (unpaired) electrons. The fraction of sp³-hybridized carbons (Fsp3) is 0.625. The summed E-state index contributed by atoms with van der Waals surface area (Å²) in [5.74, 6) is 0. The summed E-state index contributed by atoms with van der Waals surface area (Å²) in [7, 11) is 0. The summed E-state index contributed by atoms with van der Waals surface area (Å²) in [4.78, 5) is 0. The lowest BCUT2D eigenvalue weighted by molar-refractivity contribution is 0.0956. The Morgan fingerprint density at radius 3 is 1.78 bits per heavy atom. The quantitative estimate of drug-likeness (QED) is 0.475. The first-order valence-electron chi connectivity index (χ1n) is 3.37. The lowest BCUT2D eigenvalue weighted by Crippen LogP contribution is -1.91. The summed E-state index contributed by atoms with van der Waals surface area (Å²) < 4.78 is 0. The molecule has 1 aliphatic rings. The summed E-state index contributed by atoms with van der Waals surface area (Å²) in [5, 5.41) is 10.3. The summed E-state index contributed by atoms with van der Waals surface area (Å²) in [6.07, 6.45) is 5.51. The van der Waals surface area contributed by atoms with E-state index in [4.69, 9.17) is 0 Å². The van der Waals surface area contributed by atoms with Crippen molar-refractivity contribution < 1.29 is 5.11 Å². The number of hydrogen-bond acceptors (Lipinski definition) is 0. The molecule has 0 spiro atoms. The van der Waals surface area contributed by atoms with Gasteiger partial charge in [0.15, 0.2) is 0 Å². The molecule has 1 saturated carbocycles. The van der Waals surface area contributed by atoms with Gasteiger partial charge in [0, 0.05) is 0 Å². The van der Waals surface area contributed by atoms with Crippen LogP contribution in [0.1, 0.15) is 25.7 Å². The molecule has 52 valence electrons. The highest BCUT2D eigenvalue weighted by Crippen LogP contribution is 2.17. The van der Waals surface area contributed by atoms with Crippen LogP contribution in [0.3, 0.4) is 0 Å². The maximum Gasteiger partial charge on any atom is 0.0930 e. The van der Waals surface area contributed by atoms with Crippen LogP contribution in [0, 0.1) is 6.92 Å². The summed E-state index contributed by atoms with van der Waals surface area (Å²) >= 11 is 0. The Morgan fingerprint density at radius 2 is 1.67 bits per heavy atom. The number of hydrogen-bond donors (Lipinski definition) is 0. The van der Waals surface area contributed by atoms with Crippen molar-refractivity contribution in [1.29, 1.82) is 0 Å². The second-order valence-corrected chi connectivity index (χ2v) is 2.20. The first kappa shape index (κ1) is 8.70.